The van der Waals surface area contributed by atoms with Crippen LogP contribution in [0.5, 0.6) is 0 Å². The van der Waals surface area contributed by atoms with Crippen LogP contribution in [0.2, 0.25) is 5.02 Å². The predicted molar refractivity (Wildman–Crippen MR) is 80.3 cm³/mol. The Morgan fingerprint density at radius 1 is 1.41 bits per heavy atom. The highest BCUT2D eigenvalue weighted by molar-refractivity contribution is 9.12. The third-order valence-corrected chi connectivity index (χ3v) is 2.40. The molecule has 0 saturated heterocycles. The summed E-state index contributed by atoms with van der Waals surface area (Å²) < 4.78 is 0.715. The SMILES string of the molecule is C=C(Br)C(=NC(C)(C)C)Nc1cccc(Cl)c1. The number of hydrogen-bond acceptors (Lipinski definition) is 1. The van der Waals surface area contributed by atoms with Gasteiger partial charge in [-0.1, -0.05) is 24.2 Å². The van der Waals surface area contributed by atoms with Crippen molar-refractivity contribution in [2.24, 2.45) is 4.99 Å². The van der Waals surface area contributed by atoms with Crippen molar-refractivity contribution in [2.45, 2.75) is 26.3 Å². The van der Waals surface area contributed by atoms with Gasteiger partial charge in [0.15, 0.2) is 0 Å². The topological polar surface area (TPSA) is 24.4 Å². The van der Waals surface area contributed by atoms with Crippen LogP contribution in [-0.4, -0.2) is 11.4 Å². The molecule has 0 unspecified atom stereocenters. The summed E-state index contributed by atoms with van der Waals surface area (Å²) in [5, 5.41) is 3.88. The predicted octanol–water partition coefficient (Wildman–Crippen LogP) is 4.86. The number of aliphatic imine (C=N–C) groups is 1. The number of rotatable bonds is 2. The van der Waals surface area contributed by atoms with Gasteiger partial charge in [-0.3, -0.25) is 4.99 Å². The molecule has 0 radical (unpaired) electrons. The fourth-order valence-electron chi connectivity index (χ4n) is 1.19. The Hall–Kier alpha value is -0.800. The van der Waals surface area contributed by atoms with E-state index in [1.165, 1.54) is 0 Å². The van der Waals surface area contributed by atoms with Crippen molar-refractivity contribution in [1.29, 1.82) is 0 Å². The molecule has 92 valence electrons. The van der Waals surface area contributed by atoms with Crippen molar-refractivity contribution in [3.8, 4) is 0 Å². The second-order valence-corrected chi connectivity index (χ2v) is 6.07. The Kier molecular flexibility index (Phi) is 4.78. The van der Waals surface area contributed by atoms with Gasteiger partial charge in [0.25, 0.3) is 0 Å². The Balaban J connectivity index is 2.96. The largest absolute Gasteiger partial charge is 0.340 e. The van der Waals surface area contributed by atoms with E-state index >= 15 is 0 Å². The lowest BCUT2D eigenvalue weighted by Gasteiger charge is -2.17. The molecular formula is C13H16BrClN2. The maximum Gasteiger partial charge on any atom is 0.139 e. The zero-order valence-corrected chi connectivity index (χ0v) is 12.6. The van der Waals surface area contributed by atoms with Crippen molar-refractivity contribution in [2.75, 3.05) is 5.32 Å². The maximum atomic E-state index is 5.93. The number of amidine groups is 1. The van der Waals surface area contributed by atoms with Crippen LogP contribution in [0.3, 0.4) is 0 Å². The minimum Gasteiger partial charge on any atom is -0.340 e. The molecule has 0 aromatic heterocycles. The average molecular weight is 316 g/mol. The normalized spacial score (nSPS) is 12.4. The summed E-state index contributed by atoms with van der Waals surface area (Å²) in [6.45, 7) is 9.94. The van der Waals surface area contributed by atoms with Crippen molar-refractivity contribution in [3.05, 3.63) is 40.3 Å². The zero-order chi connectivity index (χ0) is 13.1. The molecular weight excluding hydrogens is 300 g/mol. The first-order valence-corrected chi connectivity index (χ1v) is 6.42. The third-order valence-electron chi connectivity index (χ3n) is 1.79. The van der Waals surface area contributed by atoms with Crippen LogP contribution in [0.1, 0.15) is 20.8 Å². The van der Waals surface area contributed by atoms with E-state index in [2.05, 4.69) is 32.8 Å². The van der Waals surface area contributed by atoms with Gasteiger partial charge in [-0.2, -0.15) is 0 Å². The lowest BCUT2D eigenvalue weighted by atomic mass is 10.1. The van der Waals surface area contributed by atoms with Gasteiger partial charge in [0.05, 0.1) is 10.0 Å². The number of nitrogens with one attached hydrogen (secondary N) is 1. The summed E-state index contributed by atoms with van der Waals surface area (Å²) in [5.74, 6) is 0.708. The van der Waals surface area contributed by atoms with E-state index < -0.39 is 0 Å². The monoisotopic (exact) mass is 314 g/mol. The highest BCUT2D eigenvalue weighted by Gasteiger charge is 2.11. The van der Waals surface area contributed by atoms with Crippen molar-refractivity contribution >= 4 is 39.1 Å². The number of anilines is 1. The van der Waals surface area contributed by atoms with E-state index in [0.29, 0.717) is 15.3 Å². The first-order chi connectivity index (χ1) is 7.78. The lowest BCUT2D eigenvalue weighted by molar-refractivity contribution is 0.584. The highest BCUT2D eigenvalue weighted by Crippen LogP contribution is 2.18. The molecule has 0 heterocycles. The van der Waals surface area contributed by atoms with Gasteiger partial charge in [0, 0.05) is 10.7 Å². The van der Waals surface area contributed by atoms with Crippen LogP contribution in [-0.2, 0) is 0 Å². The number of nitrogens with zero attached hydrogens (tertiary/aromatic N) is 1. The van der Waals surface area contributed by atoms with Crippen LogP contribution >= 0.6 is 27.5 Å². The molecule has 0 aliphatic rings. The minimum absolute atomic E-state index is 0.169. The molecule has 0 saturated carbocycles. The van der Waals surface area contributed by atoms with Crippen molar-refractivity contribution in [3.63, 3.8) is 0 Å². The van der Waals surface area contributed by atoms with E-state index in [9.17, 15) is 0 Å². The van der Waals surface area contributed by atoms with E-state index in [1.54, 1.807) is 0 Å². The van der Waals surface area contributed by atoms with Gasteiger partial charge >= 0.3 is 0 Å². The molecule has 0 amide bonds. The molecule has 0 spiro atoms. The molecule has 0 aliphatic heterocycles. The van der Waals surface area contributed by atoms with E-state index in [0.717, 1.165) is 5.69 Å². The highest BCUT2D eigenvalue weighted by atomic mass is 79.9. The quantitative estimate of drug-likeness (QED) is 0.612. The first kappa shape index (κ1) is 14.3. The first-order valence-electron chi connectivity index (χ1n) is 5.25. The molecule has 1 N–H and O–H groups in total. The summed E-state index contributed by atoms with van der Waals surface area (Å²) >= 11 is 9.28. The Morgan fingerprint density at radius 2 is 2.06 bits per heavy atom. The molecule has 2 nitrogen and oxygen atoms in total. The van der Waals surface area contributed by atoms with E-state index in [4.69, 9.17) is 11.6 Å². The second kappa shape index (κ2) is 5.69. The molecule has 1 aromatic rings. The summed E-state index contributed by atoms with van der Waals surface area (Å²) in [6, 6.07) is 7.49. The van der Waals surface area contributed by atoms with Crippen molar-refractivity contribution < 1.29 is 0 Å². The van der Waals surface area contributed by atoms with Crippen LogP contribution in [0.15, 0.2) is 40.3 Å². The maximum absolute atomic E-state index is 5.93. The van der Waals surface area contributed by atoms with Gasteiger partial charge in [-0.15, -0.1) is 0 Å². The van der Waals surface area contributed by atoms with Gasteiger partial charge in [-0.25, -0.2) is 0 Å². The summed E-state index contributed by atoms with van der Waals surface area (Å²) in [5.41, 5.74) is 0.721. The van der Waals surface area contributed by atoms with Gasteiger partial charge in [0.2, 0.25) is 0 Å². The van der Waals surface area contributed by atoms with Gasteiger partial charge in [-0.05, 0) is 54.9 Å². The molecule has 1 rings (SSSR count). The molecule has 0 atom stereocenters. The van der Waals surface area contributed by atoms with Crippen molar-refractivity contribution in [1.82, 2.24) is 0 Å². The zero-order valence-electron chi connectivity index (χ0n) is 10.2. The molecule has 0 aliphatic carbocycles. The number of hydrogen-bond donors (Lipinski definition) is 1. The lowest BCUT2D eigenvalue weighted by Crippen LogP contribution is -2.20. The molecule has 17 heavy (non-hydrogen) atoms. The third kappa shape index (κ3) is 5.37. The fraction of sp³-hybridized carbons (Fsp3) is 0.308. The van der Waals surface area contributed by atoms with Gasteiger partial charge in [0.1, 0.15) is 5.84 Å². The van der Waals surface area contributed by atoms with Crippen LogP contribution < -0.4 is 5.32 Å². The molecule has 0 fully saturated rings. The average Bonchev–Trinajstić information content (AvgIpc) is 2.14. The fourth-order valence-corrected chi connectivity index (χ4v) is 1.57. The standard InChI is InChI=1S/C13H16BrClN2/c1-9(14)12(17-13(2,3)4)16-11-7-5-6-10(15)8-11/h5-8H,1H2,2-4H3,(H,16,17). The van der Waals surface area contributed by atoms with Crippen LogP contribution in [0, 0.1) is 0 Å². The number of benzene rings is 1. The van der Waals surface area contributed by atoms with Crippen LogP contribution in [0.25, 0.3) is 0 Å². The van der Waals surface area contributed by atoms with E-state index in [-0.39, 0.29) is 5.54 Å². The second-order valence-electron chi connectivity index (χ2n) is 4.67. The smallest absolute Gasteiger partial charge is 0.139 e. The summed E-state index contributed by atoms with van der Waals surface area (Å²) in [4.78, 5) is 4.55. The van der Waals surface area contributed by atoms with E-state index in [1.807, 2.05) is 45.0 Å². The minimum atomic E-state index is -0.169. The molecule has 4 heteroatoms. The summed E-state index contributed by atoms with van der Waals surface area (Å²) in [7, 11) is 0. The van der Waals surface area contributed by atoms with Gasteiger partial charge < -0.3 is 5.32 Å². The number of halogens is 2. The van der Waals surface area contributed by atoms with Crippen LogP contribution in [0.4, 0.5) is 5.69 Å². The Morgan fingerprint density at radius 3 is 2.53 bits per heavy atom. The summed E-state index contributed by atoms with van der Waals surface area (Å²) in [6.07, 6.45) is 0. The Bertz CT molecular complexity index is 447. The molecule has 0 bridgehead atoms. The Labute approximate surface area is 116 Å². The molecule has 1 aromatic carbocycles.